The number of carbonyl (C=O) groups excluding carboxylic acids is 2. The van der Waals surface area contributed by atoms with Crippen LogP contribution in [0.25, 0.3) is 22.2 Å². The normalized spacial score (nSPS) is 14.0. The van der Waals surface area contributed by atoms with Crippen LogP contribution in [-0.4, -0.2) is 28.0 Å². The molecule has 1 aliphatic carbocycles. The molecule has 1 fully saturated rings. The number of benzene rings is 1. The Morgan fingerprint density at radius 1 is 1.32 bits per heavy atom. The second-order valence-electron chi connectivity index (χ2n) is 6.22. The maximum Gasteiger partial charge on any atom is 0.367 e. The van der Waals surface area contributed by atoms with Gasteiger partial charge in [-0.25, -0.2) is 9.78 Å². The van der Waals surface area contributed by atoms with Gasteiger partial charge in [-0.1, -0.05) is 6.07 Å². The predicted octanol–water partition coefficient (Wildman–Crippen LogP) is 4.30. The summed E-state index contributed by atoms with van der Waals surface area (Å²) < 4.78 is 6.77. The third-order valence-electron chi connectivity index (χ3n) is 4.37. The number of nitrogens with zero attached hydrogens (tertiary/aromatic N) is 2. The Hall–Kier alpha value is -2.47. The molecular formula is C19H18N2O3S. The van der Waals surface area contributed by atoms with Crippen LogP contribution in [0.5, 0.6) is 0 Å². The largest absolute Gasteiger partial charge is 0.461 e. The van der Waals surface area contributed by atoms with Gasteiger partial charge in [0.25, 0.3) is 0 Å². The van der Waals surface area contributed by atoms with E-state index in [0.29, 0.717) is 11.6 Å². The van der Waals surface area contributed by atoms with E-state index in [4.69, 9.17) is 4.74 Å². The molecule has 0 atom stereocenters. The lowest BCUT2D eigenvalue weighted by Gasteiger charge is -2.04. The second-order valence-corrected chi connectivity index (χ2v) is 7.42. The number of thiazole rings is 1. The van der Waals surface area contributed by atoms with E-state index in [1.807, 2.05) is 37.4 Å². The van der Waals surface area contributed by atoms with Crippen LogP contribution in [0.2, 0.25) is 0 Å². The van der Waals surface area contributed by atoms with E-state index in [9.17, 15) is 9.59 Å². The Bertz CT molecular complexity index is 982. The van der Waals surface area contributed by atoms with Gasteiger partial charge in [-0.3, -0.25) is 9.36 Å². The number of esters is 1. The van der Waals surface area contributed by atoms with Gasteiger partial charge in [-0.2, -0.15) is 0 Å². The topological polar surface area (TPSA) is 61.2 Å². The lowest BCUT2D eigenvalue weighted by molar-refractivity contribution is 0.0526. The van der Waals surface area contributed by atoms with E-state index >= 15 is 0 Å². The summed E-state index contributed by atoms with van der Waals surface area (Å²) in [6, 6.07) is 7.87. The fourth-order valence-corrected chi connectivity index (χ4v) is 3.78. The van der Waals surface area contributed by atoms with Gasteiger partial charge in [-0.15, -0.1) is 11.3 Å². The van der Waals surface area contributed by atoms with Gasteiger partial charge in [0.1, 0.15) is 0 Å². The molecule has 1 aromatic carbocycles. The number of rotatable bonds is 4. The van der Waals surface area contributed by atoms with Gasteiger partial charge in [-0.05, 0) is 44.9 Å². The minimum absolute atomic E-state index is 0.178. The molecule has 0 radical (unpaired) electrons. The van der Waals surface area contributed by atoms with Crippen LogP contribution in [0.15, 0.2) is 30.5 Å². The highest BCUT2D eigenvalue weighted by Crippen LogP contribution is 2.34. The average Bonchev–Trinajstić information content (AvgIpc) is 3.25. The molecule has 0 unspecified atom stereocenters. The highest BCUT2D eigenvalue weighted by molar-refractivity contribution is 7.13. The molecule has 0 saturated heterocycles. The summed E-state index contributed by atoms with van der Waals surface area (Å²) in [5.74, 6) is -0.0236. The third kappa shape index (κ3) is 2.87. The molecule has 1 aliphatic rings. The number of aryl methyl sites for hydroxylation is 1. The van der Waals surface area contributed by atoms with Gasteiger partial charge in [0.2, 0.25) is 10.9 Å². The maximum atomic E-state index is 12.3. The van der Waals surface area contributed by atoms with Crippen molar-refractivity contribution in [1.29, 1.82) is 0 Å². The van der Waals surface area contributed by atoms with Crippen LogP contribution < -0.4 is 0 Å². The van der Waals surface area contributed by atoms with Gasteiger partial charge in [0.15, 0.2) is 0 Å². The van der Waals surface area contributed by atoms with Crippen molar-refractivity contribution < 1.29 is 14.3 Å². The van der Waals surface area contributed by atoms with Crippen molar-refractivity contribution in [3.63, 3.8) is 0 Å². The molecule has 2 heterocycles. The van der Waals surface area contributed by atoms with Crippen LogP contribution in [0.3, 0.4) is 0 Å². The number of ether oxygens (including phenoxy) is 1. The summed E-state index contributed by atoms with van der Waals surface area (Å²) in [6.07, 6.45) is 3.82. The minimum atomic E-state index is -0.385. The average molecular weight is 354 g/mol. The van der Waals surface area contributed by atoms with E-state index in [2.05, 4.69) is 4.98 Å². The molecule has 2 aromatic heterocycles. The van der Waals surface area contributed by atoms with E-state index in [0.717, 1.165) is 39.9 Å². The lowest BCUT2D eigenvalue weighted by Crippen LogP contribution is -2.10. The fourth-order valence-electron chi connectivity index (χ4n) is 2.95. The smallest absolute Gasteiger partial charge is 0.367 e. The Morgan fingerprint density at radius 2 is 2.12 bits per heavy atom. The van der Waals surface area contributed by atoms with Crippen molar-refractivity contribution >= 4 is 34.1 Å². The van der Waals surface area contributed by atoms with Crippen molar-refractivity contribution in [3.05, 3.63) is 40.3 Å². The molecule has 0 spiro atoms. The zero-order chi connectivity index (χ0) is 17.6. The van der Waals surface area contributed by atoms with E-state index in [1.165, 1.54) is 11.3 Å². The molecule has 5 nitrogen and oxygen atoms in total. The van der Waals surface area contributed by atoms with E-state index in [1.54, 1.807) is 11.5 Å². The zero-order valence-corrected chi connectivity index (χ0v) is 14.9. The van der Waals surface area contributed by atoms with Crippen molar-refractivity contribution in [1.82, 2.24) is 9.55 Å². The number of fused-ring (bicyclic) bond motifs is 1. The van der Waals surface area contributed by atoms with Crippen LogP contribution in [0.4, 0.5) is 0 Å². The quantitative estimate of drug-likeness (QED) is 0.655. The van der Waals surface area contributed by atoms with Crippen LogP contribution in [-0.2, 0) is 4.74 Å². The molecule has 0 amide bonds. The van der Waals surface area contributed by atoms with Gasteiger partial charge >= 0.3 is 5.97 Å². The SMILES string of the molecule is CCOC(=O)c1nc(-c2ccc3c(ccn3C(=O)C3CC3)c2)c(C)s1. The minimum Gasteiger partial charge on any atom is -0.461 e. The van der Waals surface area contributed by atoms with Crippen LogP contribution in [0, 0.1) is 12.8 Å². The molecule has 0 N–H and O–H groups in total. The highest BCUT2D eigenvalue weighted by atomic mass is 32.1. The molecule has 25 heavy (non-hydrogen) atoms. The van der Waals surface area contributed by atoms with Crippen molar-refractivity contribution in [2.24, 2.45) is 5.92 Å². The summed E-state index contributed by atoms with van der Waals surface area (Å²) in [5.41, 5.74) is 2.64. The van der Waals surface area contributed by atoms with Gasteiger partial charge < -0.3 is 4.74 Å². The van der Waals surface area contributed by atoms with E-state index < -0.39 is 0 Å². The summed E-state index contributed by atoms with van der Waals surface area (Å²) in [7, 11) is 0. The lowest BCUT2D eigenvalue weighted by atomic mass is 10.1. The number of hydrogen-bond donors (Lipinski definition) is 0. The molecule has 0 bridgehead atoms. The molecular weight excluding hydrogens is 336 g/mol. The van der Waals surface area contributed by atoms with Crippen LogP contribution in [0.1, 0.15) is 39.2 Å². The third-order valence-corrected chi connectivity index (χ3v) is 5.33. The molecule has 1 saturated carbocycles. The Morgan fingerprint density at radius 3 is 2.84 bits per heavy atom. The van der Waals surface area contributed by atoms with Crippen molar-refractivity contribution in [2.45, 2.75) is 26.7 Å². The fraction of sp³-hybridized carbons (Fsp3) is 0.316. The standard InChI is InChI=1S/C19H18N2O3S/c1-3-24-19(23)17-20-16(11(2)25-17)14-6-7-15-13(10-14)8-9-21(15)18(22)12-4-5-12/h6-10,12H,3-5H2,1-2H3. The zero-order valence-electron chi connectivity index (χ0n) is 14.1. The monoisotopic (exact) mass is 354 g/mol. The van der Waals surface area contributed by atoms with Crippen molar-refractivity contribution in [2.75, 3.05) is 6.61 Å². The molecule has 4 rings (SSSR count). The first-order chi connectivity index (χ1) is 12.1. The van der Waals surface area contributed by atoms with Crippen molar-refractivity contribution in [3.8, 4) is 11.3 Å². The highest BCUT2D eigenvalue weighted by Gasteiger charge is 2.31. The Kier molecular flexibility index (Phi) is 3.92. The molecule has 6 heteroatoms. The Balaban J connectivity index is 1.70. The maximum absolute atomic E-state index is 12.3. The Labute approximate surface area is 149 Å². The number of hydrogen-bond acceptors (Lipinski definition) is 5. The number of carbonyl (C=O) groups is 2. The summed E-state index contributed by atoms with van der Waals surface area (Å²) >= 11 is 1.34. The molecule has 0 aliphatic heterocycles. The summed E-state index contributed by atoms with van der Waals surface area (Å²) in [4.78, 5) is 29.6. The van der Waals surface area contributed by atoms with E-state index in [-0.39, 0.29) is 17.8 Å². The first-order valence-electron chi connectivity index (χ1n) is 8.38. The van der Waals surface area contributed by atoms with Gasteiger partial charge in [0, 0.05) is 27.9 Å². The summed E-state index contributed by atoms with van der Waals surface area (Å²) in [5, 5.41) is 1.37. The first-order valence-corrected chi connectivity index (χ1v) is 9.20. The molecule has 3 aromatic rings. The van der Waals surface area contributed by atoms with Crippen LogP contribution >= 0.6 is 11.3 Å². The van der Waals surface area contributed by atoms with Gasteiger partial charge in [0.05, 0.1) is 17.8 Å². The second kappa shape index (κ2) is 6.11. The summed E-state index contributed by atoms with van der Waals surface area (Å²) in [6.45, 7) is 4.06. The first kappa shape index (κ1) is 16.0. The molecule has 128 valence electrons. The predicted molar refractivity (Wildman–Crippen MR) is 97.1 cm³/mol. The number of aromatic nitrogens is 2.